The molecule has 3 heterocycles. The first kappa shape index (κ1) is 21.4. The van der Waals surface area contributed by atoms with Gasteiger partial charge in [-0.2, -0.15) is 0 Å². The number of rotatable bonds is 3. The number of hydrogen-bond donors (Lipinski definition) is 0. The fourth-order valence-corrected chi connectivity index (χ4v) is 4.47. The first-order valence-corrected chi connectivity index (χ1v) is 11.5. The Bertz CT molecular complexity index is 1330. The lowest BCUT2D eigenvalue weighted by Crippen LogP contribution is -2.50. The molecule has 0 saturated carbocycles. The highest BCUT2D eigenvalue weighted by atomic mass is 16.2. The van der Waals surface area contributed by atoms with Crippen LogP contribution < -0.4 is 4.90 Å². The lowest BCUT2D eigenvalue weighted by Gasteiger charge is -2.36. The van der Waals surface area contributed by atoms with Crippen molar-refractivity contribution in [3.8, 4) is 11.4 Å². The van der Waals surface area contributed by atoms with E-state index in [1.54, 1.807) is 0 Å². The molecule has 4 aromatic rings. The number of para-hydroxylation sites is 1. The lowest BCUT2D eigenvalue weighted by molar-refractivity contribution is -0.133. The average Bonchev–Trinajstić information content (AvgIpc) is 3.23. The van der Waals surface area contributed by atoms with Gasteiger partial charge in [0.15, 0.2) is 11.5 Å². The fraction of sp³-hybridized carbons (Fsp3) is 0.385. The van der Waals surface area contributed by atoms with Crippen LogP contribution in [0.3, 0.4) is 0 Å². The number of amides is 1. The predicted molar refractivity (Wildman–Crippen MR) is 131 cm³/mol. The van der Waals surface area contributed by atoms with Crippen molar-refractivity contribution in [2.24, 2.45) is 5.41 Å². The Hall–Kier alpha value is -3.48. The Balaban J connectivity index is 1.55. The first-order valence-electron chi connectivity index (χ1n) is 11.5. The van der Waals surface area contributed by atoms with Crippen molar-refractivity contribution in [3.05, 3.63) is 54.1 Å². The second-order valence-corrected chi connectivity index (χ2v) is 10.1. The average molecular weight is 443 g/mol. The summed E-state index contributed by atoms with van der Waals surface area (Å²) < 4.78 is 2.07. The van der Waals surface area contributed by atoms with Crippen molar-refractivity contribution in [1.29, 1.82) is 0 Å². The van der Waals surface area contributed by atoms with Crippen LogP contribution in [0.15, 0.2) is 48.5 Å². The van der Waals surface area contributed by atoms with Crippen LogP contribution in [0.5, 0.6) is 0 Å². The zero-order chi connectivity index (χ0) is 23.2. The molecule has 0 atom stereocenters. The molecule has 0 spiro atoms. The van der Waals surface area contributed by atoms with Crippen molar-refractivity contribution in [3.63, 3.8) is 0 Å². The van der Waals surface area contributed by atoms with E-state index in [1.165, 1.54) is 5.56 Å². The largest absolute Gasteiger partial charge is 0.339 e. The second kappa shape index (κ2) is 8.14. The standard InChI is InChI=1S/C26H30N6O/c1-18-8-7-9-19(16-18)23-28-29-24-20-10-5-6-11-21(20)27-25(32(23)24)31-14-12-30(13-15-31)22(33)17-26(2,3)4/h5-11,16H,12-15,17H2,1-4H3. The third-order valence-corrected chi connectivity index (χ3v) is 6.10. The molecule has 0 aliphatic carbocycles. The van der Waals surface area contributed by atoms with E-state index in [2.05, 4.69) is 65.4 Å². The minimum atomic E-state index is -0.00845. The molecule has 1 fully saturated rings. The van der Waals surface area contributed by atoms with Gasteiger partial charge in [-0.15, -0.1) is 10.2 Å². The molecule has 2 aromatic carbocycles. The zero-order valence-electron chi connectivity index (χ0n) is 19.7. The molecule has 0 unspecified atom stereocenters. The van der Waals surface area contributed by atoms with Crippen LogP contribution >= 0.6 is 0 Å². The molecule has 170 valence electrons. The molecule has 33 heavy (non-hydrogen) atoms. The van der Waals surface area contributed by atoms with Gasteiger partial charge in [-0.1, -0.05) is 56.7 Å². The van der Waals surface area contributed by atoms with E-state index in [4.69, 9.17) is 4.98 Å². The molecular weight excluding hydrogens is 412 g/mol. The van der Waals surface area contributed by atoms with E-state index < -0.39 is 0 Å². The highest BCUT2D eigenvalue weighted by Crippen LogP contribution is 2.29. The Labute approximate surface area is 194 Å². The van der Waals surface area contributed by atoms with Gasteiger partial charge in [0.25, 0.3) is 0 Å². The van der Waals surface area contributed by atoms with E-state index in [9.17, 15) is 4.79 Å². The Kier molecular flexibility index (Phi) is 5.27. The number of benzene rings is 2. The predicted octanol–water partition coefficient (Wildman–Crippen LogP) is 4.34. The zero-order valence-corrected chi connectivity index (χ0v) is 19.7. The number of anilines is 1. The Morgan fingerprint density at radius 2 is 1.73 bits per heavy atom. The van der Waals surface area contributed by atoms with Crippen LogP contribution in [0, 0.1) is 12.3 Å². The summed E-state index contributed by atoms with van der Waals surface area (Å²) in [5.41, 5.74) is 3.88. The van der Waals surface area contributed by atoms with Gasteiger partial charge in [-0.3, -0.25) is 4.79 Å². The summed E-state index contributed by atoms with van der Waals surface area (Å²) in [6, 6.07) is 16.4. The van der Waals surface area contributed by atoms with Crippen LogP contribution in [0.1, 0.15) is 32.8 Å². The molecule has 0 radical (unpaired) electrons. The maximum atomic E-state index is 12.7. The van der Waals surface area contributed by atoms with Crippen molar-refractivity contribution in [2.45, 2.75) is 34.1 Å². The molecule has 5 rings (SSSR count). The minimum Gasteiger partial charge on any atom is -0.339 e. The van der Waals surface area contributed by atoms with Crippen molar-refractivity contribution < 1.29 is 4.79 Å². The third-order valence-electron chi connectivity index (χ3n) is 6.10. The van der Waals surface area contributed by atoms with Gasteiger partial charge in [0, 0.05) is 43.5 Å². The fourth-order valence-electron chi connectivity index (χ4n) is 4.47. The van der Waals surface area contributed by atoms with Crippen molar-refractivity contribution in [2.75, 3.05) is 31.1 Å². The monoisotopic (exact) mass is 442 g/mol. The summed E-state index contributed by atoms with van der Waals surface area (Å²) in [5, 5.41) is 10.1. The van der Waals surface area contributed by atoms with Crippen molar-refractivity contribution in [1.82, 2.24) is 24.5 Å². The highest BCUT2D eigenvalue weighted by molar-refractivity contribution is 5.93. The number of aromatic nitrogens is 4. The minimum absolute atomic E-state index is 0.00845. The summed E-state index contributed by atoms with van der Waals surface area (Å²) in [6.07, 6.45) is 0.564. The van der Waals surface area contributed by atoms with Gasteiger partial charge in [-0.25, -0.2) is 9.38 Å². The summed E-state index contributed by atoms with van der Waals surface area (Å²) in [6.45, 7) is 11.2. The summed E-state index contributed by atoms with van der Waals surface area (Å²) in [4.78, 5) is 22.0. The normalized spacial score (nSPS) is 14.9. The van der Waals surface area contributed by atoms with Crippen molar-refractivity contribution >= 4 is 28.4 Å². The van der Waals surface area contributed by atoms with Crippen LogP contribution in [0.2, 0.25) is 0 Å². The molecule has 7 nitrogen and oxygen atoms in total. The summed E-state index contributed by atoms with van der Waals surface area (Å²) in [5.74, 6) is 1.84. The highest BCUT2D eigenvalue weighted by Gasteiger charge is 2.27. The van der Waals surface area contributed by atoms with Gasteiger partial charge in [0.1, 0.15) is 0 Å². The summed E-state index contributed by atoms with van der Waals surface area (Å²) in [7, 11) is 0. The summed E-state index contributed by atoms with van der Waals surface area (Å²) >= 11 is 0. The topological polar surface area (TPSA) is 66.6 Å². The Morgan fingerprint density at radius 1 is 0.970 bits per heavy atom. The second-order valence-electron chi connectivity index (χ2n) is 10.1. The molecule has 1 amide bonds. The molecular formula is C26H30N6O. The lowest BCUT2D eigenvalue weighted by atomic mass is 9.91. The molecule has 2 aromatic heterocycles. The van der Waals surface area contributed by atoms with E-state index in [-0.39, 0.29) is 11.3 Å². The van der Waals surface area contributed by atoms with Crippen LogP contribution in [-0.4, -0.2) is 56.6 Å². The number of aryl methyl sites for hydroxylation is 1. The van der Waals surface area contributed by atoms with Gasteiger partial charge in [0.05, 0.1) is 5.52 Å². The number of piperazine rings is 1. The first-order chi connectivity index (χ1) is 15.8. The number of carbonyl (C=O) groups is 1. The van der Waals surface area contributed by atoms with E-state index >= 15 is 0 Å². The molecule has 0 N–H and O–H groups in total. The van der Waals surface area contributed by atoms with E-state index in [0.29, 0.717) is 19.5 Å². The third kappa shape index (κ3) is 4.15. The van der Waals surface area contributed by atoms with Gasteiger partial charge < -0.3 is 9.80 Å². The SMILES string of the molecule is Cc1cccc(-c2nnc3c4ccccc4nc(N4CCN(C(=O)CC(C)(C)C)CC4)n23)c1. The van der Waals surface area contributed by atoms with Gasteiger partial charge in [-0.05, 0) is 30.5 Å². The van der Waals surface area contributed by atoms with Gasteiger partial charge >= 0.3 is 0 Å². The molecule has 0 bridgehead atoms. The number of carbonyl (C=O) groups excluding carboxylic acids is 1. The quantitative estimate of drug-likeness (QED) is 0.472. The smallest absolute Gasteiger partial charge is 0.223 e. The molecule has 1 aliphatic heterocycles. The molecule has 1 saturated heterocycles. The molecule has 1 aliphatic rings. The van der Waals surface area contributed by atoms with E-state index in [0.717, 1.165) is 47.0 Å². The Morgan fingerprint density at radius 3 is 2.45 bits per heavy atom. The van der Waals surface area contributed by atoms with Crippen LogP contribution in [0.25, 0.3) is 27.9 Å². The van der Waals surface area contributed by atoms with E-state index in [1.807, 2.05) is 35.2 Å². The maximum absolute atomic E-state index is 12.7. The van der Waals surface area contributed by atoms with Gasteiger partial charge in [0.2, 0.25) is 11.9 Å². The maximum Gasteiger partial charge on any atom is 0.223 e. The van der Waals surface area contributed by atoms with Crippen LogP contribution in [-0.2, 0) is 4.79 Å². The molecule has 7 heteroatoms. The van der Waals surface area contributed by atoms with Crippen LogP contribution in [0.4, 0.5) is 5.95 Å². The number of fused-ring (bicyclic) bond motifs is 3. The number of nitrogens with zero attached hydrogens (tertiary/aromatic N) is 6. The number of hydrogen-bond acceptors (Lipinski definition) is 5.